The van der Waals surface area contributed by atoms with Crippen molar-refractivity contribution in [3.63, 3.8) is 0 Å². The Hall–Kier alpha value is -0.640. The topological polar surface area (TPSA) is 23.6 Å². The summed E-state index contributed by atoms with van der Waals surface area (Å²) in [6.45, 7) is 0. The van der Waals surface area contributed by atoms with Gasteiger partial charge in [0.25, 0.3) is 5.91 Å². The second-order valence-corrected chi connectivity index (χ2v) is 3.96. The quantitative estimate of drug-likeness (QED) is 0.515. The van der Waals surface area contributed by atoms with Gasteiger partial charge in [0.05, 0.1) is 0 Å². The third-order valence-electron chi connectivity index (χ3n) is 3.10. The Balaban J connectivity index is 2.36. The van der Waals surface area contributed by atoms with Crippen LogP contribution in [0.2, 0.25) is 0 Å². The number of carbonyl (C=O) groups is 1. The summed E-state index contributed by atoms with van der Waals surface area (Å²) in [5.41, 5.74) is -0.244. The van der Waals surface area contributed by atoms with E-state index in [2.05, 4.69) is 0 Å². The molecule has 0 aromatic rings. The lowest BCUT2D eigenvalue weighted by atomic mass is 9.76. The van der Waals surface area contributed by atoms with Crippen LogP contribution in [0.5, 0.6) is 0 Å². The first kappa shape index (κ1) is 7.98. The normalized spacial score (nSPS) is 26.8. The summed E-state index contributed by atoms with van der Waals surface area (Å²) in [4.78, 5) is 15.3. The van der Waals surface area contributed by atoms with Crippen molar-refractivity contribution < 1.29 is 4.79 Å². The van der Waals surface area contributed by atoms with Crippen molar-refractivity contribution in [2.75, 3.05) is 14.1 Å². The molecule has 1 heterocycles. The smallest absolute Gasteiger partial charge is 0.254 e. The number of nitrogens with zero attached hydrogens (tertiary/aromatic N) is 2. The molecule has 0 N–H and O–H groups in total. The largest absolute Gasteiger partial charge is 0.337 e. The molecule has 1 aliphatic heterocycles. The maximum atomic E-state index is 11.7. The van der Waals surface area contributed by atoms with Crippen LogP contribution in [0.3, 0.4) is 0 Å². The van der Waals surface area contributed by atoms with Crippen molar-refractivity contribution in [3.8, 4) is 0 Å². The summed E-state index contributed by atoms with van der Waals surface area (Å²) in [6, 6.07) is 0. The molecule has 1 saturated heterocycles. The lowest BCUT2D eigenvalue weighted by Crippen LogP contribution is -2.53. The van der Waals surface area contributed by atoms with E-state index in [0.29, 0.717) is 5.11 Å². The van der Waals surface area contributed by atoms with E-state index in [9.17, 15) is 4.79 Å². The maximum absolute atomic E-state index is 11.7. The minimum Gasteiger partial charge on any atom is -0.337 e. The number of carbonyl (C=O) groups excluding carboxylic acids is 1. The summed E-state index contributed by atoms with van der Waals surface area (Å²) in [5, 5.41) is 0.666. The van der Waals surface area contributed by atoms with Crippen LogP contribution < -0.4 is 0 Å². The molecule has 0 aromatic carbocycles. The molecule has 0 atom stereocenters. The van der Waals surface area contributed by atoms with Gasteiger partial charge in [-0.05, 0) is 31.5 Å². The third-order valence-corrected chi connectivity index (χ3v) is 3.65. The van der Waals surface area contributed by atoms with Gasteiger partial charge in [-0.1, -0.05) is 0 Å². The molecule has 0 unspecified atom stereocenters. The van der Waals surface area contributed by atoms with Crippen LogP contribution in [0.1, 0.15) is 19.3 Å². The highest BCUT2D eigenvalue weighted by Gasteiger charge is 2.55. The average molecular weight is 184 g/mol. The van der Waals surface area contributed by atoms with Gasteiger partial charge in [-0.25, -0.2) is 0 Å². The molecule has 12 heavy (non-hydrogen) atoms. The molecule has 2 fully saturated rings. The summed E-state index contributed by atoms with van der Waals surface area (Å²) in [6.07, 6.45) is 3.08. The van der Waals surface area contributed by atoms with Crippen molar-refractivity contribution in [1.29, 1.82) is 0 Å². The minimum atomic E-state index is -0.244. The fraction of sp³-hybridized carbons (Fsp3) is 0.750. The highest BCUT2D eigenvalue weighted by molar-refractivity contribution is 7.80. The van der Waals surface area contributed by atoms with Crippen LogP contribution in [0.4, 0.5) is 0 Å². The van der Waals surface area contributed by atoms with Crippen LogP contribution in [0.15, 0.2) is 0 Å². The Kier molecular flexibility index (Phi) is 1.46. The third kappa shape index (κ3) is 0.665. The Bertz CT molecular complexity index is 260. The number of rotatable bonds is 0. The van der Waals surface area contributed by atoms with Gasteiger partial charge in [0.1, 0.15) is 5.54 Å². The fourth-order valence-corrected chi connectivity index (χ4v) is 2.27. The minimum absolute atomic E-state index is 0.182. The van der Waals surface area contributed by atoms with E-state index < -0.39 is 0 Å². The molecule has 0 bridgehead atoms. The molecule has 1 saturated carbocycles. The Labute approximate surface area is 77.3 Å². The number of hydrogen-bond donors (Lipinski definition) is 0. The molecule has 1 aliphatic carbocycles. The van der Waals surface area contributed by atoms with E-state index in [1.165, 1.54) is 0 Å². The molecule has 3 nitrogen and oxygen atoms in total. The van der Waals surface area contributed by atoms with Crippen LogP contribution in [0, 0.1) is 0 Å². The fourth-order valence-electron chi connectivity index (χ4n) is 2.01. The molecular formula is C8H12N2OS. The van der Waals surface area contributed by atoms with Gasteiger partial charge in [0.15, 0.2) is 5.11 Å². The highest BCUT2D eigenvalue weighted by Crippen LogP contribution is 2.42. The van der Waals surface area contributed by atoms with E-state index >= 15 is 0 Å². The molecule has 2 aliphatic rings. The van der Waals surface area contributed by atoms with Gasteiger partial charge in [-0.15, -0.1) is 0 Å². The predicted octanol–water partition coefficient (Wildman–Crippen LogP) is 0.598. The maximum Gasteiger partial charge on any atom is 0.254 e. The SMILES string of the molecule is CN1C(=O)C2(CCC2)N(C)C1=S. The van der Waals surface area contributed by atoms with Gasteiger partial charge in [0.2, 0.25) is 0 Å². The molecule has 4 heteroatoms. The van der Waals surface area contributed by atoms with Crippen molar-refractivity contribution in [2.45, 2.75) is 24.8 Å². The average Bonchev–Trinajstić information content (AvgIpc) is 2.13. The first-order valence-electron chi connectivity index (χ1n) is 4.15. The van der Waals surface area contributed by atoms with E-state index in [1.807, 2.05) is 11.9 Å². The second kappa shape index (κ2) is 2.19. The second-order valence-electron chi connectivity index (χ2n) is 3.59. The van der Waals surface area contributed by atoms with Crippen LogP contribution in [0.25, 0.3) is 0 Å². The van der Waals surface area contributed by atoms with Crippen molar-refractivity contribution in [3.05, 3.63) is 0 Å². The molecule has 0 radical (unpaired) electrons. The Morgan fingerprint density at radius 1 is 1.42 bits per heavy atom. The van der Waals surface area contributed by atoms with Crippen LogP contribution >= 0.6 is 12.2 Å². The number of amides is 1. The van der Waals surface area contributed by atoms with Gasteiger partial charge in [0, 0.05) is 14.1 Å². The summed E-state index contributed by atoms with van der Waals surface area (Å²) < 4.78 is 0. The molecular weight excluding hydrogens is 172 g/mol. The number of thiocarbonyl (C=S) groups is 1. The van der Waals surface area contributed by atoms with Gasteiger partial charge in [-0.3, -0.25) is 9.69 Å². The van der Waals surface area contributed by atoms with Crippen LogP contribution in [-0.2, 0) is 4.79 Å². The lowest BCUT2D eigenvalue weighted by Gasteiger charge is -2.41. The predicted molar refractivity (Wildman–Crippen MR) is 49.7 cm³/mol. The molecule has 1 spiro atoms. The molecule has 1 amide bonds. The van der Waals surface area contributed by atoms with E-state index in [-0.39, 0.29) is 11.4 Å². The first-order chi connectivity index (χ1) is 5.59. The van der Waals surface area contributed by atoms with Gasteiger partial charge < -0.3 is 4.90 Å². The molecule has 2 rings (SSSR count). The number of likely N-dealkylation sites (N-methyl/N-ethyl adjacent to an activating group) is 2. The first-order valence-corrected chi connectivity index (χ1v) is 4.56. The number of hydrogen-bond acceptors (Lipinski definition) is 2. The van der Waals surface area contributed by atoms with Gasteiger partial charge >= 0.3 is 0 Å². The van der Waals surface area contributed by atoms with Gasteiger partial charge in [-0.2, -0.15) is 0 Å². The molecule has 66 valence electrons. The van der Waals surface area contributed by atoms with Crippen LogP contribution in [-0.4, -0.2) is 40.5 Å². The van der Waals surface area contributed by atoms with Crippen molar-refractivity contribution >= 4 is 23.2 Å². The van der Waals surface area contributed by atoms with E-state index in [4.69, 9.17) is 12.2 Å². The lowest BCUT2D eigenvalue weighted by molar-refractivity contribution is -0.135. The summed E-state index contributed by atoms with van der Waals surface area (Å²) >= 11 is 5.12. The molecule has 0 aromatic heterocycles. The zero-order valence-corrected chi connectivity index (χ0v) is 8.15. The summed E-state index contributed by atoms with van der Waals surface area (Å²) in [7, 11) is 3.68. The standard InChI is InChI=1S/C8H12N2OS/c1-9-6(11)8(4-3-5-8)10(2)7(9)12/h3-5H2,1-2H3. The Morgan fingerprint density at radius 2 is 2.00 bits per heavy atom. The Morgan fingerprint density at radius 3 is 2.17 bits per heavy atom. The van der Waals surface area contributed by atoms with Crippen molar-refractivity contribution in [2.24, 2.45) is 0 Å². The zero-order chi connectivity index (χ0) is 8.93. The monoisotopic (exact) mass is 184 g/mol. The zero-order valence-electron chi connectivity index (χ0n) is 7.33. The van der Waals surface area contributed by atoms with Crippen molar-refractivity contribution in [1.82, 2.24) is 9.80 Å². The van der Waals surface area contributed by atoms with E-state index in [1.54, 1.807) is 11.9 Å². The highest BCUT2D eigenvalue weighted by atomic mass is 32.1. The summed E-state index contributed by atoms with van der Waals surface area (Å²) in [5.74, 6) is 0.182. The van der Waals surface area contributed by atoms with E-state index in [0.717, 1.165) is 19.3 Å².